The number of allylic oxidation sites excluding steroid dienone is 1. The van der Waals surface area contributed by atoms with Gasteiger partial charge in [0.25, 0.3) is 0 Å². The fourth-order valence-electron chi connectivity index (χ4n) is 5.68. The molecule has 4 atom stereocenters. The zero-order chi connectivity index (χ0) is 27.8. The third-order valence-corrected chi connectivity index (χ3v) is 23.3. The summed E-state index contributed by atoms with van der Waals surface area (Å²) in [7, 11) is 1.70. The number of rotatable bonds is 19. The Balaban J connectivity index is 1.77. The number of ether oxygens (including phenoxy) is 4. The summed E-state index contributed by atoms with van der Waals surface area (Å²) in [4.78, 5) is 0. The van der Waals surface area contributed by atoms with Gasteiger partial charge in [-0.25, -0.2) is 0 Å². The van der Waals surface area contributed by atoms with Crippen LogP contribution in [0, 0.1) is 0 Å². The summed E-state index contributed by atoms with van der Waals surface area (Å²) in [6.07, 6.45) is 11.6. The molecule has 0 radical (unpaired) electrons. The number of benzene rings is 2. The molecule has 5 heteroatoms. The summed E-state index contributed by atoms with van der Waals surface area (Å²) in [5.41, 5.74) is 2.28. The first kappa shape index (κ1) is 32.3. The first-order valence-electron chi connectivity index (χ1n) is 15.3. The van der Waals surface area contributed by atoms with Crippen LogP contribution in [0.5, 0.6) is 0 Å². The van der Waals surface area contributed by atoms with E-state index in [-0.39, 0.29) is 18.3 Å². The number of unbranched alkanes of at least 4 members (excludes halogenated alkanes) is 3. The van der Waals surface area contributed by atoms with E-state index in [1.54, 1.807) is 7.11 Å². The Morgan fingerprint density at radius 1 is 0.718 bits per heavy atom. The molecule has 2 aromatic rings. The quantitative estimate of drug-likeness (QED) is 0.113. The van der Waals surface area contributed by atoms with Gasteiger partial charge in [0, 0.05) is 0 Å². The van der Waals surface area contributed by atoms with Crippen molar-refractivity contribution in [2.24, 2.45) is 0 Å². The summed E-state index contributed by atoms with van der Waals surface area (Å²) in [5, 5.41) is 0. The Morgan fingerprint density at radius 2 is 1.21 bits per heavy atom. The molecule has 216 valence electrons. The van der Waals surface area contributed by atoms with Gasteiger partial charge in [-0.2, -0.15) is 0 Å². The van der Waals surface area contributed by atoms with E-state index in [0.29, 0.717) is 13.2 Å². The molecule has 0 unspecified atom stereocenters. The summed E-state index contributed by atoms with van der Waals surface area (Å²) in [6, 6.07) is 20.6. The van der Waals surface area contributed by atoms with Gasteiger partial charge in [0.1, 0.15) is 0 Å². The van der Waals surface area contributed by atoms with E-state index in [4.69, 9.17) is 18.9 Å². The molecule has 0 aliphatic carbocycles. The molecule has 1 fully saturated rings. The van der Waals surface area contributed by atoms with Crippen molar-refractivity contribution in [3.63, 3.8) is 0 Å². The van der Waals surface area contributed by atoms with Crippen LogP contribution in [0.2, 0.25) is 17.7 Å². The Labute approximate surface area is 242 Å². The van der Waals surface area contributed by atoms with Crippen LogP contribution >= 0.6 is 0 Å². The van der Waals surface area contributed by atoms with Crippen molar-refractivity contribution >= 4 is 18.4 Å². The van der Waals surface area contributed by atoms with Crippen LogP contribution in [0.1, 0.15) is 70.4 Å². The molecule has 0 spiro atoms. The van der Waals surface area contributed by atoms with Crippen molar-refractivity contribution in [1.29, 1.82) is 0 Å². The van der Waals surface area contributed by atoms with Crippen LogP contribution in [-0.2, 0) is 32.2 Å². The molecule has 4 nitrogen and oxygen atoms in total. The van der Waals surface area contributed by atoms with Crippen molar-refractivity contribution in [1.82, 2.24) is 0 Å². The van der Waals surface area contributed by atoms with Crippen molar-refractivity contribution < 1.29 is 18.9 Å². The minimum atomic E-state index is -2.27. The molecule has 1 saturated heterocycles. The Kier molecular flexibility index (Phi) is 15.2. The predicted octanol–water partition coefficient (Wildman–Crippen LogP) is 8.93. The van der Waals surface area contributed by atoms with Crippen molar-refractivity contribution in [3.8, 4) is 0 Å². The number of hydrogen-bond donors (Lipinski definition) is 0. The Morgan fingerprint density at radius 3 is 1.67 bits per heavy atom. The topological polar surface area (TPSA) is 36.9 Å². The molecule has 39 heavy (non-hydrogen) atoms. The van der Waals surface area contributed by atoms with Crippen LogP contribution in [-0.4, -0.2) is 50.1 Å². The summed E-state index contributed by atoms with van der Waals surface area (Å²) in [6.45, 7) is 8.04. The Hall–Kier alpha value is -1.18. The third-order valence-electron chi connectivity index (χ3n) is 8.07. The predicted molar refractivity (Wildman–Crippen MR) is 165 cm³/mol. The SMILES string of the molecule is CCC[CH2][Sn]([CH2]/C=C\[C@@H]1O[C@@H](OC)[C@H](OCc2ccccc2)[C@@H]1OCc1ccccc1)([CH2]CCC)[CH2]CCC. The van der Waals surface area contributed by atoms with Crippen molar-refractivity contribution in [2.45, 2.75) is 115 Å². The van der Waals surface area contributed by atoms with E-state index in [1.807, 2.05) is 24.3 Å². The van der Waals surface area contributed by atoms with Gasteiger partial charge in [-0.1, -0.05) is 0 Å². The van der Waals surface area contributed by atoms with Crippen LogP contribution in [0.3, 0.4) is 0 Å². The molecule has 0 aromatic heterocycles. The van der Waals surface area contributed by atoms with E-state index in [2.05, 4.69) is 69.3 Å². The number of methoxy groups -OCH3 is 1. The molecule has 0 amide bonds. The van der Waals surface area contributed by atoms with Gasteiger partial charge in [0.15, 0.2) is 0 Å². The normalized spacial score (nSPS) is 21.6. The van der Waals surface area contributed by atoms with E-state index in [1.165, 1.54) is 56.3 Å². The first-order chi connectivity index (χ1) is 19.1. The molecule has 1 heterocycles. The van der Waals surface area contributed by atoms with E-state index >= 15 is 0 Å². The maximum atomic E-state index is 6.55. The fourth-order valence-corrected chi connectivity index (χ4v) is 20.8. The zero-order valence-corrected chi connectivity index (χ0v) is 27.7. The van der Waals surface area contributed by atoms with Gasteiger partial charge in [0.05, 0.1) is 0 Å². The minimum absolute atomic E-state index is 0.188. The third kappa shape index (κ3) is 10.6. The summed E-state index contributed by atoms with van der Waals surface area (Å²) < 4.78 is 31.0. The second kappa shape index (κ2) is 18.3. The van der Waals surface area contributed by atoms with Crippen LogP contribution in [0.4, 0.5) is 0 Å². The summed E-state index contributed by atoms with van der Waals surface area (Å²) in [5.74, 6) is 0. The zero-order valence-electron chi connectivity index (χ0n) is 24.9. The molecule has 1 aliphatic rings. The van der Waals surface area contributed by atoms with Crippen LogP contribution in [0.15, 0.2) is 72.8 Å². The molecular formula is C34H52O4Sn. The van der Waals surface area contributed by atoms with E-state index < -0.39 is 24.7 Å². The van der Waals surface area contributed by atoms with Gasteiger partial charge in [-0.05, 0) is 0 Å². The van der Waals surface area contributed by atoms with Gasteiger partial charge in [0.2, 0.25) is 0 Å². The maximum absolute atomic E-state index is 6.55. The van der Waals surface area contributed by atoms with E-state index in [0.717, 1.165) is 11.1 Å². The second-order valence-electron chi connectivity index (χ2n) is 11.2. The van der Waals surface area contributed by atoms with Crippen molar-refractivity contribution in [2.75, 3.05) is 7.11 Å². The standard InChI is InChI=1S/C22H25O4.3C4H9.Sn/c1-3-10-19-20(24-15-17-11-6-4-7-12-17)21(22(23-2)26-19)25-16-18-13-8-5-9-14-18;3*1-3-4-2;/h3-14,19-22H,1,15-16H2,2H3;3*1,3-4H2,2H3;/b10-3-;;;;/t19-,20+,21+,22+;;;;/m0..../s1. The average molecular weight is 643 g/mol. The molecule has 3 rings (SSSR count). The number of hydrogen-bond acceptors (Lipinski definition) is 4. The monoisotopic (exact) mass is 644 g/mol. The van der Waals surface area contributed by atoms with Crippen LogP contribution in [0.25, 0.3) is 0 Å². The van der Waals surface area contributed by atoms with E-state index in [9.17, 15) is 0 Å². The van der Waals surface area contributed by atoms with Gasteiger partial charge in [-0.15, -0.1) is 0 Å². The molecular weight excluding hydrogens is 591 g/mol. The van der Waals surface area contributed by atoms with Crippen LogP contribution < -0.4 is 0 Å². The van der Waals surface area contributed by atoms with Gasteiger partial charge in [-0.3, -0.25) is 0 Å². The molecule has 0 saturated carbocycles. The molecule has 0 bridgehead atoms. The van der Waals surface area contributed by atoms with Gasteiger partial charge >= 0.3 is 243 Å². The fraction of sp³-hybridized carbons (Fsp3) is 0.588. The van der Waals surface area contributed by atoms with Crippen molar-refractivity contribution in [3.05, 3.63) is 83.9 Å². The molecule has 1 aliphatic heterocycles. The second-order valence-corrected chi connectivity index (χ2v) is 25.2. The first-order valence-corrected chi connectivity index (χ1v) is 23.4. The Bertz CT molecular complexity index is 898. The van der Waals surface area contributed by atoms with Gasteiger partial charge < -0.3 is 0 Å². The average Bonchev–Trinajstić information content (AvgIpc) is 3.32. The summed E-state index contributed by atoms with van der Waals surface area (Å²) >= 11 is -2.27. The molecule has 2 aromatic carbocycles. The molecule has 0 N–H and O–H groups in total.